The smallest absolute Gasteiger partial charge is 0.207 e. The van der Waals surface area contributed by atoms with Crippen LogP contribution in [0, 0.1) is 11.5 Å². The molecule has 1 aliphatic rings. The zero-order valence-corrected chi connectivity index (χ0v) is 11.6. The summed E-state index contributed by atoms with van der Waals surface area (Å²) in [6.07, 6.45) is 5.78. The first-order chi connectivity index (χ1) is 8.33. The molecule has 0 unspecified atom stereocenters. The molecule has 0 amide bonds. The summed E-state index contributed by atoms with van der Waals surface area (Å²) in [6, 6.07) is 4.16. The Morgan fingerprint density at radius 2 is 2.41 bits per heavy atom. The van der Waals surface area contributed by atoms with Crippen molar-refractivity contribution in [2.45, 2.75) is 23.8 Å². The van der Waals surface area contributed by atoms with Crippen molar-refractivity contribution in [3.05, 3.63) is 29.6 Å². The molecule has 0 N–H and O–H groups in total. The first-order valence-electron chi connectivity index (χ1n) is 5.54. The quantitative estimate of drug-likeness (QED) is 0.483. The Morgan fingerprint density at radius 1 is 1.53 bits per heavy atom. The number of pyridine rings is 1. The molecule has 2 heterocycles. The van der Waals surface area contributed by atoms with Gasteiger partial charge in [0.1, 0.15) is 5.84 Å². The van der Waals surface area contributed by atoms with Crippen molar-refractivity contribution in [3.63, 3.8) is 0 Å². The summed E-state index contributed by atoms with van der Waals surface area (Å²) < 4.78 is 0.933. The Kier molecular flexibility index (Phi) is 4.31. The highest BCUT2D eigenvalue weighted by Gasteiger charge is 2.18. The van der Waals surface area contributed by atoms with Gasteiger partial charge < -0.3 is 4.90 Å². The van der Waals surface area contributed by atoms with Gasteiger partial charge in [-0.05, 0) is 18.1 Å². The summed E-state index contributed by atoms with van der Waals surface area (Å²) in [7, 11) is 0. The number of nitrogens with zero attached hydrogens (tertiary/aromatic N) is 4. The molecule has 1 aromatic heterocycles. The lowest BCUT2D eigenvalue weighted by Gasteiger charge is -2.17. The van der Waals surface area contributed by atoms with E-state index in [1.807, 2.05) is 12.4 Å². The number of likely N-dealkylation sites (tertiary alicyclic amines) is 1. The van der Waals surface area contributed by atoms with Gasteiger partial charge in [0.25, 0.3) is 0 Å². The van der Waals surface area contributed by atoms with Crippen LogP contribution in [-0.4, -0.2) is 22.3 Å². The molecule has 0 spiro atoms. The molecule has 0 aliphatic carbocycles. The van der Waals surface area contributed by atoms with Gasteiger partial charge in [0.05, 0.1) is 5.69 Å². The number of halogens is 1. The Bertz CT molecular complexity index is 447. The van der Waals surface area contributed by atoms with E-state index in [0.29, 0.717) is 0 Å². The van der Waals surface area contributed by atoms with E-state index in [-0.39, 0.29) is 0 Å². The number of amidine groups is 1. The lowest BCUT2D eigenvalue weighted by molar-refractivity contribution is 0.447. The standard InChI is InChI=1S/C12H13IN4/c13-6-11-4-3-10(7-15-11)8-17-5-1-2-12(17)16-9-14/h3-4,7H,1-2,5-6,8H2/b16-12+. The van der Waals surface area contributed by atoms with Crippen LogP contribution >= 0.6 is 22.6 Å². The largest absolute Gasteiger partial charge is 0.355 e. The van der Waals surface area contributed by atoms with E-state index in [1.54, 1.807) is 0 Å². The van der Waals surface area contributed by atoms with Crippen molar-refractivity contribution < 1.29 is 0 Å². The van der Waals surface area contributed by atoms with Crippen molar-refractivity contribution in [1.29, 1.82) is 5.26 Å². The molecule has 1 aliphatic heterocycles. The molecule has 0 bridgehead atoms. The van der Waals surface area contributed by atoms with Crippen LogP contribution in [0.5, 0.6) is 0 Å². The maximum absolute atomic E-state index is 8.60. The van der Waals surface area contributed by atoms with Crippen LogP contribution in [0.1, 0.15) is 24.1 Å². The second-order valence-electron chi connectivity index (χ2n) is 3.94. The van der Waals surface area contributed by atoms with Gasteiger partial charge in [-0.1, -0.05) is 28.7 Å². The summed E-state index contributed by atoms with van der Waals surface area (Å²) in [5.74, 6) is 0.908. The summed E-state index contributed by atoms with van der Waals surface area (Å²) in [6.45, 7) is 1.78. The Labute approximate surface area is 115 Å². The number of rotatable bonds is 3. The summed E-state index contributed by atoms with van der Waals surface area (Å²) in [5.41, 5.74) is 2.27. The average molecular weight is 340 g/mol. The minimum Gasteiger partial charge on any atom is -0.355 e. The Morgan fingerprint density at radius 3 is 3.06 bits per heavy atom. The van der Waals surface area contributed by atoms with Crippen molar-refractivity contribution in [3.8, 4) is 6.19 Å². The number of aliphatic imine (C=N–C) groups is 1. The number of alkyl halides is 1. The maximum atomic E-state index is 8.60. The second-order valence-corrected chi connectivity index (χ2v) is 4.71. The third-order valence-corrected chi connectivity index (χ3v) is 3.55. The fourth-order valence-electron chi connectivity index (χ4n) is 1.92. The molecule has 0 atom stereocenters. The molecule has 2 rings (SSSR count). The van der Waals surface area contributed by atoms with Gasteiger partial charge in [-0.15, -0.1) is 0 Å². The number of hydrogen-bond acceptors (Lipinski definition) is 3. The number of nitriles is 1. The molecule has 0 saturated carbocycles. The molecule has 1 fully saturated rings. The van der Waals surface area contributed by atoms with Crippen LogP contribution < -0.4 is 0 Å². The van der Waals surface area contributed by atoms with Crippen LogP contribution in [0.15, 0.2) is 23.3 Å². The average Bonchev–Trinajstić information content (AvgIpc) is 2.78. The van der Waals surface area contributed by atoms with Crippen molar-refractivity contribution >= 4 is 28.4 Å². The molecule has 88 valence electrons. The van der Waals surface area contributed by atoms with Gasteiger partial charge in [-0.25, -0.2) is 0 Å². The fourth-order valence-corrected chi connectivity index (χ4v) is 2.37. The van der Waals surface area contributed by atoms with Gasteiger partial charge in [-0.2, -0.15) is 10.3 Å². The zero-order valence-electron chi connectivity index (χ0n) is 9.43. The van der Waals surface area contributed by atoms with Gasteiger partial charge >= 0.3 is 0 Å². The van der Waals surface area contributed by atoms with E-state index >= 15 is 0 Å². The van der Waals surface area contributed by atoms with Crippen molar-refractivity contribution in [2.24, 2.45) is 4.99 Å². The first-order valence-corrected chi connectivity index (χ1v) is 7.06. The summed E-state index contributed by atoms with van der Waals surface area (Å²) in [4.78, 5) is 10.4. The Hall–Kier alpha value is -1.16. The van der Waals surface area contributed by atoms with Crippen LogP contribution in [-0.2, 0) is 11.0 Å². The van der Waals surface area contributed by atoms with E-state index in [9.17, 15) is 0 Å². The molecule has 5 heteroatoms. The monoisotopic (exact) mass is 340 g/mol. The minimum absolute atomic E-state index is 0.801. The molecular formula is C12H13IN4. The van der Waals surface area contributed by atoms with Crippen LogP contribution in [0.25, 0.3) is 0 Å². The molecule has 1 saturated heterocycles. The molecule has 0 aromatic carbocycles. The zero-order chi connectivity index (χ0) is 12.1. The molecule has 0 radical (unpaired) electrons. The lowest BCUT2D eigenvalue weighted by Crippen LogP contribution is -2.24. The van der Waals surface area contributed by atoms with Crippen molar-refractivity contribution in [1.82, 2.24) is 9.88 Å². The van der Waals surface area contributed by atoms with Crippen LogP contribution in [0.2, 0.25) is 0 Å². The normalized spacial score (nSPS) is 17.4. The fraction of sp³-hybridized carbons (Fsp3) is 0.417. The first kappa shape index (κ1) is 12.3. The summed E-state index contributed by atoms with van der Waals surface area (Å²) in [5, 5.41) is 8.60. The summed E-state index contributed by atoms with van der Waals surface area (Å²) >= 11 is 2.30. The topological polar surface area (TPSA) is 52.3 Å². The molecular weight excluding hydrogens is 327 g/mol. The van der Waals surface area contributed by atoms with Gasteiger partial charge in [0.15, 0.2) is 0 Å². The van der Waals surface area contributed by atoms with E-state index in [4.69, 9.17) is 5.26 Å². The van der Waals surface area contributed by atoms with Gasteiger partial charge in [-0.3, -0.25) is 4.98 Å². The highest BCUT2D eigenvalue weighted by atomic mass is 127. The van der Waals surface area contributed by atoms with E-state index in [0.717, 1.165) is 41.9 Å². The van der Waals surface area contributed by atoms with Gasteiger partial charge in [0, 0.05) is 30.1 Å². The van der Waals surface area contributed by atoms with Gasteiger partial charge in [0.2, 0.25) is 6.19 Å². The predicted octanol–water partition coefficient (Wildman–Crippen LogP) is 2.49. The number of aromatic nitrogens is 1. The second kappa shape index (κ2) is 5.96. The van der Waals surface area contributed by atoms with E-state index in [1.165, 1.54) is 5.56 Å². The molecule has 4 nitrogen and oxygen atoms in total. The third-order valence-electron chi connectivity index (χ3n) is 2.77. The SMILES string of the molecule is N#C/N=C1\CCCN1Cc1ccc(CI)nc1. The lowest BCUT2D eigenvalue weighted by atomic mass is 10.2. The highest BCUT2D eigenvalue weighted by molar-refractivity contribution is 14.1. The van der Waals surface area contributed by atoms with E-state index < -0.39 is 0 Å². The molecule has 1 aromatic rings. The third kappa shape index (κ3) is 3.16. The van der Waals surface area contributed by atoms with Crippen molar-refractivity contribution in [2.75, 3.05) is 6.54 Å². The minimum atomic E-state index is 0.801. The number of hydrogen-bond donors (Lipinski definition) is 0. The maximum Gasteiger partial charge on any atom is 0.207 e. The van der Waals surface area contributed by atoms with E-state index in [2.05, 4.69) is 49.6 Å². The highest BCUT2D eigenvalue weighted by Crippen LogP contribution is 2.15. The Balaban J connectivity index is 2.05. The van der Waals surface area contributed by atoms with Crippen LogP contribution in [0.3, 0.4) is 0 Å². The predicted molar refractivity (Wildman–Crippen MR) is 74.7 cm³/mol. The van der Waals surface area contributed by atoms with Crippen LogP contribution in [0.4, 0.5) is 0 Å². The molecule has 17 heavy (non-hydrogen) atoms.